The Morgan fingerprint density at radius 3 is 2.72 bits per heavy atom. The van der Waals surface area contributed by atoms with E-state index in [9.17, 15) is 4.79 Å². The number of pyridine rings is 1. The zero-order valence-corrected chi connectivity index (χ0v) is 15.4. The van der Waals surface area contributed by atoms with E-state index in [2.05, 4.69) is 20.3 Å². The number of carbonyl (C=O) groups is 1. The maximum Gasteiger partial charge on any atom is 0.271 e. The van der Waals surface area contributed by atoms with Crippen LogP contribution in [0.25, 0.3) is 0 Å². The van der Waals surface area contributed by atoms with Gasteiger partial charge in [0.1, 0.15) is 0 Å². The van der Waals surface area contributed by atoms with Crippen LogP contribution in [0.3, 0.4) is 0 Å². The van der Waals surface area contributed by atoms with Gasteiger partial charge in [-0.3, -0.25) is 4.79 Å². The van der Waals surface area contributed by atoms with Crippen molar-refractivity contribution in [2.75, 3.05) is 24.6 Å². The fourth-order valence-corrected chi connectivity index (χ4v) is 2.41. The highest BCUT2D eigenvalue weighted by atomic mass is 35.5. The molecule has 2 rings (SSSR count). The highest BCUT2D eigenvalue weighted by Gasteiger charge is 2.16. The van der Waals surface area contributed by atoms with Crippen molar-refractivity contribution in [3.05, 3.63) is 40.8 Å². The Balaban J connectivity index is 2.10. The average molecular weight is 364 g/mol. The number of nitrogens with zero attached hydrogens (tertiary/aromatic N) is 4. The van der Waals surface area contributed by atoms with Crippen LogP contribution in [0.4, 0.5) is 5.95 Å². The fraction of sp³-hybridized carbons (Fsp3) is 0.412. The van der Waals surface area contributed by atoms with Gasteiger partial charge in [-0.25, -0.2) is 15.0 Å². The summed E-state index contributed by atoms with van der Waals surface area (Å²) in [4.78, 5) is 27.0. The van der Waals surface area contributed by atoms with Crippen molar-refractivity contribution in [3.8, 4) is 5.88 Å². The molecule has 0 aliphatic carbocycles. The lowest BCUT2D eigenvalue weighted by Gasteiger charge is -2.19. The number of anilines is 1. The van der Waals surface area contributed by atoms with Gasteiger partial charge in [0.2, 0.25) is 11.8 Å². The molecule has 8 heteroatoms. The predicted molar refractivity (Wildman–Crippen MR) is 97.2 cm³/mol. The van der Waals surface area contributed by atoms with E-state index in [4.69, 9.17) is 16.3 Å². The summed E-state index contributed by atoms with van der Waals surface area (Å²) < 4.78 is 5.35. The molecule has 0 bridgehead atoms. The molecule has 0 saturated heterocycles. The standard InChI is InChI=1S/C17H22ClN5O2/c1-4-23(5-2)17-21-11-13(18)15(22-17)16(24)20-10-12-7-8-19-14(9-12)25-6-3/h7-9,11H,4-6,10H2,1-3H3,(H,20,24). The molecule has 0 spiro atoms. The topological polar surface area (TPSA) is 80.2 Å². The first-order valence-electron chi connectivity index (χ1n) is 8.22. The van der Waals surface area contributed by atoms with E-state index in [0.717, 1.165) is 18.7 Å². The number of hydrogen-bond donors (Lipinski definition) is 1. The van der Waals surface area contributed by atoms with E-state index < -0.39 is 0 Å². The van der Waals surface area contributed by atoms with Crippen molar-refractivity contribution in [1.29, 1.82) is 0 Å². The fourth-order valence-electron chi connectivity index (χ4n) is 2.23. The van der Waals surface area contributed by atoms with Crippen LogP contribution in [0.5, 0.6) is 5.88 Å². The number of halogens is 1. The summed E-state index contributed by atoms with van der Waals surface area (Å²) in [6.45, 7) is 8.24. The highest BCUT2D eigenvalue weighted by Crippen LogP contribution is 2.17. The molecule has 0 aliphatic heterocycles. The van der Waals surface area contributed by atoms with Gasteiger partial charge >= 0.3 is 0 Å². The number of aromatic nitrogens is 3. The maximum atomic E-state index is 12.4. The number of rotatable bonds is 8. The molecule has 0 radical (unpaired) electrons. The summed E-state index contributed by atoms with van der Waals surface area (Å²) in [5.74, 6) is 0.663. The van der Waals surface area contributed by atoms with Crippen LogP contribution in [-0.4, -0.2) is 40.6 Å². The zero-order valence-electron chi connectivity index (χ0n) is 14.6. The molecule has 1 N–H and O–H groups in total. The van der Waals surface area contributed by atoms with Crippen LogP contribution in [0, 0.1) is 0 Å². The number of ether oxygens (including phenoxy) is 1. The molecular formula is C17H22ClN5O2. The van der Waals surface area contributed by atoms with E-state index in [0.29, 0.717) is 25.0 Å². The Morgan fingerprint density at radius 2 is 2.04 bits per heavy atom. The second-order valence-corrected chi connectivity index (χ2v) is 5.56. The number of hydrogen-bond acceptors (Lipinski definition) is 6. The van der Waals surface area contributed by atoms with E-state index in [1.54, 1.807) is 12.3 Å². The van der Waals surface area contributed by atoms with Crippen LogP contribution < -0.4 is 15.0 Å². The maximum absolute atomic E-state index is 12.4. The first-order chi connectivity index (χ1) is 12.1. The Kier molecular flexibility index (Phi) is 6.94. The van der Waals surface area contributed by atoms with Gasteiger partial charge in [-0.15, -0.1) is 0 Å². The molecule has 0 aromatic carbocycles. The number of amides is 1. The first-order valence-corrected chi connectivity index (χ1v) is 8.60. The van der Waals surface area contributed by atoms with E-state index in [-0.39, 0.29) is 16.6 Å². The summed E-state index contributed by atoms with van der Waals surface area (Å²) in [6.07, 6.45) is 3.10. The van der Waals surface area contributed by atoms with Crippen molar-refractivity contribution < 1.29 is 9.53 Å². The van der Waals surface area contributed by atoms with Gasteiger partial charge in [0.15, 0.2) is 5.69 Å². The summed E-state index contributed by atoms with van der Waals surface area (Å²) >= 11 is 6.10. The lowest BCUT2D eigenvalue weighted by atomic mass is 10.2. The van der Waals surface area contributed by atoms with Gasteiger partial charge in [-0.1, -0.05) is 11.6 Å². The molecule has 0 aliphatic rings. The predicted octanol–water partition coefficient (Wildman–Crippen LogP) is 2.70. The molecule has 7 nitrogen and oxygen atoms in total. The Morgan fingerprint density at radius 1 is 1.28 bits per heavy atom. The van der Waals surface area contributed by atoms with E-state index >= 15 is 0 Å². The Bertz CT molecular complexity index is 722. The summed E-state index contributed by atoms with van der Waals surface area (Å²) in [5.41, 5.74) is 1.04. The molecule has 0 unspecified atom stereocenters. The quantitative estimate of drug-likeness (QED) is 0.776. The normalized spacial score (nSPS) is 10.4. The lowest BCUT2D eigenvalue weighted by Crippen LogP contribution is -2.28. The number of carbonyl (C=O) groups excluding carboxylic acids is 1. The average Bonchev–Trinajstić information content (AvgIpc) is 2.62. The van der Waals surface area contributed by atoms with Crippen LogP contribution in [-0.2, 0) is 6.54 Å². The molecule has 0 saturated carbocycles. The van der Waals surface area contributed by atoms with Crippen molar-refractivity contribution >= 4 is 23.5 Å². The van der Waals surface area contributed by atoms with Gasteiger partial charge in [0, 0.05) is 31.9 Å². The van der Waals surface area contributed by atoms with Gasteiger partial charge in [-0.05, 0) is 32.4 Å². The molecule has 2 aromatic heterocycles. The van der Waals surface area contributed by atoms with E-state index in [1.807, 2.05) is 31.7 Å². The van der Waals surface area contributed by atoms with Gasteiger partial charge < -0.3 is 15.0 Å². The summed E-state index contributed by atoms with van der Waals surface area (Å²) in [7, 11) is 0. The molecule has 25 heavy (non-hydrogen) atoms. The third-order valence-corrected chi connectivity index (χ3v) is 3.81. The summed E-state index contributed by atoms with van der Waals surface area (Å²) in [5, 5.41) is 3.03. The molecule has 0 atom stereocenters. The monoisotopic (exact) mass is 363 g/mol. The highest BCUT2D eigenvalue weighted by molar-refractivity contribution is 6.33. The van der Waals surface area contributed by atoms with Gasteiger partial charge in [0.05, 0.1) is 17.8 Å². The van der Waals surface area contributed by atoms with Crippen molar-refractivity contribution in [2.24, 2.45) is 0 Å². The Labute approximate surface area is 152 Å². The van der Waals surface area contributed by atoms with Gasteiger partial charge in [0.25, 0.3) is 5.91 Å². The van der Waals surface area contributed by atoms with Crippen molar-refractivity contribution in [3.63, 3.8) is 0 Å². The molecule has 1 amide bonds. The largest absolute Gasteiger partial charge is 0.478 e. The molecule has 134 valence electrons. The minimum absolute atomic E-state index is 0.164. The van der Waals surface area contributed by atoms with Crippen molar-refractivity contribution in [1.82, 2.24) is 20.3 Å². The van der Waals surface area contributed by atoms with Crippen LogP contribution in [0.15, 0.2) is 24.5 Å². The third-order valence-electron chi connectivity index (χ3n) is 3.54. The third kappa shape index (κ3) is 5.03. The minimum Gasteiger partial charge on any atom is -0.478 e. The zero-order chi connectivity index (χ0) is 18.2. The second-order valence-electron chi connectivity index (χ2n) is 5.16. The smallest absolute Gasteiger partial charge is 0.271 e. The Hall–Kier alpha value is -2.41. The first kappa shape index (κ1) is 18.9. The van der Waals surface area contributed by atoms with Crippen LogP contribution in [0.2, 0.25) is 5.02 Å². The minimum atomic E-state index is -0.351. The summed E-state index contributed by atoms with van der Waals surface area (Å²) in [6, 6.07) is 3.60. The molecule has 0 fully saturated rings. The second kappa shape index (κ2) is 9.17. The van der Waals surface area contributed by atoms with Crippen LogP contribution in [0.1, 0.15) is 36.8 Å². The van der Waals surface area contributed by atoms with Crippen molar-refractivity contribution in [2.45, 2.75) is 27.3 Å². The molecule has 2 aromatic rings. The molecule has 2 heterocycles. The lowest BCUT2D eigenvalue weighted by molar-refractivity contribution is 0.0946. The number of nitrogens with one attached hydrogen (secondary N) is 1. The molecular weight excluding hydrogens is 342 g/mol. The van der Waals surface area contributed by atoms with Gasteiger partial charge in [-0.2, -0.15) is 0 Å². The van der Waals surface area contributed by atoms with Crippen LogP contribution >= 0.6 is 11.6 Å². The SMILES string of the molecule is CCOc1cc(CNC(=O)c2nc(N(CC)CC)ncc2Cl)ccn1. The van der Waals surface area contributed by atoms with E-state index in [1.165, 1.54) is 6.20 Å².